The fourth-order valence-corrected chi connectivity index (χ4v) is 4.97. The Hall–Kier alpha value is -2.28. The highest BCUT2D eigenvalue weighted by molar-refractivity contribution is 7.91. The first-order chi connectivity index (χ1) is 12.7. The summed E-state index contributed by atoms with van der Waals surface area (Å²) >= 11 is 0. The number of carbonyl (C=O) groups excluding carboxylic acids is 1. The number of rotatable bonds is 6. The Balaban J connectivity index is 1.83. The molecule has 0 spiro atoms. The summed E-state index contributed by atoms with van der Waals surface area (Å²) in [6, 6.07) is 10.2. The zero-order valence-corrected chi connectivity index (χ0v) is 16.7. The molecule has 27 heavy (non-hydrogen) atoms. The zero-order valence-electron chi connectivity index (χ0n) is 15.8. The Bertz CT molecular complexity index is 899. The average Bonchev–Trinajstić information content (AvgIpc) is 3.17. The van der Waals surface area contributed by atoms with Gasteiger partial charge in [-0.1, -0.05) is 0 Å². The van der Waals surface area contributed by atoms with Crippen LogP contribution in [0, 0.1) is 6.92 Å². The molecule has 1 atom stereocenters. The third kappa shape index (κ3) is 4.91. The Kier molecular flexibility index (Phi) is 5.60. The number of sulfone groups is 1. The Morgan fingerprint density at radius 2 is 1.93 bits per heavy atom. The lowest BCUT2D eigenvalue weighted by Crippen LogP contribution is -2.40. The zero-order chi connectivity index (χ0) is 19.6. The first-order valence-corrected chi connectivity index (χ1v) is 10.9. The topological polar surface area (TPSA) is 76.8 Å². The summed E-state index contributed by atoms with van der Waals surface area (Å²) in [5, 5.41) is 0. The lowest BCUT2D eigenvalue weighted by Gasteiger charge is -2.27. The molecule has 2 aromatic rings. The minimum atomic E-state index is -3.11. The minimum Gasteiger partial charge on any atom is -0.491 e. The quantitative estimate of drug-likeness (QED) is 0.756. The molecule has 1 unspecified atom stereocenters. The fourth-order valence-electron chi connectivity index (χ4n) is 3.24. The van der Waals surface area contributed by atoms with E-state index in [4.69, 9.17) is 9.15 Å². The van der Waals surface area contributed by atoms with Crippen molar-refractivity contribution in [1.29, 1.82) is 0 Å². The second kappa shape index (κ2) is 7.76. The molecule has 6 nitrogen and oxygen atoms in total. The van der Waals surface area contributed by atoms with Gasteiger partial charge in [0.2, 0.25) is 0 Å². The lowest BCUT2D eigenvalue weighted by atomic mass is 10.1. The average molecular weight is 391 g/mol. The van der Waals surface area contributed by atoms with E-state index < -0.39 is 9.84 Å². The number of hydrogen-bond acceptors (Lipinski definition) is 5. The SMILES string of the molecule is Cc1ccc(CN(C(=O)c2ccc(OC(C)C)cc2)C2CCS(=O)(=O)C2)o1. The predicted octanol–water partition coefficient (Wildman–Crippen LogP) is 3.20. The molecule has 0 radical (unpaired) electrons. The van der Waals surface area contributed by atoms with Gasteiger partial charge >= 0.3 is 0 Å². The molecule has 1 saturated heterocycles. The van der Waals surface area contributed by atoms with E-state index in [1.807, 2.05) is 32.9 Å². The third-order valence-electron chi connectivity index (χ3n) is 4.51. The van der Waals surface area contributed by atoms with E-state index >= 15 is 0 Å². The molecule has 1 aromatic carbocycles. The standard InChI is InChI=1S/C20H25NO5S/c1-14(2)25-18-8-5-16(6-9-18)20(22)21(12-19-7-4-15(3)26-19)17-10-11-27(23,24)13-17/h4-9,14,17H,10-13H2,1-3H3. The molecule has 1 fully saturated rings. The van der Waals surface area contributed by atoms with Crippen LogP contribution in [0.1, 0.15) is 42.1 Å². The van der Waals surface area contributed by atoms with Gasteiger partial charge in [-0.05, 0) is 63.6 Å². The van der Waals surface area contributed by atoms with E-state index in [0.29, 0.717) is 23.5 Å². The molecule has 0 saturated carbocycles. The monoisotopic (exact) mass is 391 g/mol. The molecule has 2 heterocycles. The summed E-state index contributed by atoms with van der Waals surface area (Å²) in [4.78, 5) is 14.7. The number of furan rings is 1. The van der Waals surface area contributed by atoms with E-state index in [1.165, 1.54) is 0 Å². The van der Waals surface area contributed by atoms with Crippen LogP contribution in [-0.4, -0.2) is 42.9 Å². The smallest absolute Gasteiger partial charge is 0.254 e. The van der Waals surface area contributed by atoms with Crippen molar-refractivity contribution >= 4 is 15.7 Å². The van der Waals surface area contributed by atoms with E-state index in [0.717, 1.165) is 5.76 Å². The van der Waals surface area contributed by atoms with Crippen LogP contribution in [0.2, 0.25) is 0 Å². The van der Waals surface area contributed by atoms with Gasteiger partial charge in [0, 0.05) is 11.6 Å². The lowest BCUT2D eigenvalue weighted by molar-refractivity contribution is 0.0665. The summed E-state index contributed by atoms with van der Waals surface area (Å²) in [5.41, 5.74) is 0.499. The van der Waals surface area contributed by atoms with E-state index in [1.54, 1.807) is 29.2 Å². The van der Waals surface area contributed by atoms with E-state index in [2.05, 4.69) is 0 Å². The van der Waals surface area contributed by atoms with Crippen LogP contribution in [0.4, 0.5) is 0 Å². The Morgan fingerprint density at radius 1 is 1.22 bits per heavy atom. The van der Waals surface area contributed by atoms with Crippen LogP contribution in [-0.2, 0) is 16.4 Å². The summed E-state index contributed by atoms with van der Waals surface area (Å²) in [6.45, 7) is 5.96. The highest BCUT2D eigenvalue weighted by atomic mass is 32.2. The third-order valence-corrected chi connectivity index (χ3v) is 6.26. The molecule has 0 aliphatic carbocycles. The predicted molar refractivity (Wildman–Crippen MR) is 103 cm³/mol. The maximum Gasteiger partial charge on any atom is 0.254 e. The maximum atomic E-state index is 13.1. The fraction of sp³-hybridized carbons (Fsp3) is 0.450. The number of nitrogens with zero attached hydrogens (tertiary/aromatic N) is 1. The summed E-state index contributed by atoms with van der Waals surface area (Å²) in [5.74, 6) is 1.99. The van der Waals surface area contributed by atoms with Crippen molar-refractivity contribution in [1.82, 2.24) is 4.90 Å². The Morgan fingerprint density at radius 3 is 2.44 bits per heavy atom. The number of hydrogen-bond donors (Lipinski definition) is 0. The highest BCUT2D eigenvalue weighted by Gasteiger charge is 2.35. The van der Waals surface area contributed by atoms with Gasteiger partial charge in [-0.2, -0.15) is 0 Å². The van der Waals surface area contributed by atoms with Crippen molar-refractivity contribution in [3.8, 4) is 5.75 Å². The van der Waals surface area contributed by atoms with Crippen LogP contribution >= 0.6 is 0 Å². The number of aryl methyl sites for hydroxylation is 1. The largest absolute Gasteiger partial charge is 0.491 e. The summed E-state index contributed by atoms with van der Waals surface area (Å²) in [7, 11) is -3.11. The summed E-state index contributed by atoms with van der Waals surface area (Å²) < 4.78 is 35.1. The van der Waals surface area contributed by atoms with E-state index in [9.17, 15) is 13.2 Å². The van der Waals surface area contributed by atoms with Crippen LogP contribution in [0.15, 0.2) is 40.8 Å². The molecular weight excluding hydrogens is 366 g/mol. The van der Waals surface area contributed by atoms with E-state index in [-0.39, 0.29) is 36.1 Å². The number of ether oxygens (including phenoxy) is 1. The normalized spacial score (nSPS) is 18.6. The molecule has 0 N–H and O–H groups in total. The molecule has 0 bridgehead atoms. The van der Waals surface area contributed by atoms with Gasteiger partial charge in [-0.3, -0.25) is 4.79 Å². The van der Waals surface area contributed by atoms with Crippen molar-refractivity contribution in [2.24, 2.45) is 0 Å². The van der Waals surface area contributed by atoms with Crippen molar-refractivity contribution in [3.63, 3.8) is 0 Å². The molecule has 1 amide bonds. The van der Waals surface area contributed by atoms with Gasteiger partial charge in [0.15, 0.2) is 9.84 Å². The van der Waals surface area contributed by atoms with Gasteiger partial charge < -0.3 is 14.1 Å². The van der Waals surface area contributed by atoms with Crippen LogP contribution in [0.3, 0.4) is 0 Å². The number of amides is 1. The minimum absolute atomic E-state index is 0.00697. The van der Waals surface area contributed by atoms with Gasteiger partial charge in [0.05, 0.1) is 24.2 Å². The molecular formula is C20H25NO5S. The summed E-state index contributed by atoms with van der Waals surface area (Å²) in [6.07, 6.45) is 0.497. The molecule has 7 heteroatoms. The van der Waals surface area contributed by atoms with Crippen molar-refractivity contribution in [2.45, 2.75) is 45.9 Å². The molecule has 146 valence electrons. The number of benzene rings is 1. The van der Waals surface area contributed by atoms with Gasteiger partial charge in [-0.25, -0.2) is 8.42 Å². The second-order valence-electron chi connectivity index (χ2n) is 7.19. The molecule has 3 rings (SSSR count). The van der Waals surface area contributed by atoms with Crippen molar-refractivity contribution < 1.29 is 22.4 Å². The Labute approximate surface area is 160 Å². The van der Waals surface area contributed by atoms with Gasteiger partial charge in [0.1, 0.15) is 17.3 Å². The first-order valence-electron chi connectivity index (χ1n) is 9.07. The van der Waals surface area contributed by atoms with Crippen molar-refractivity contribution in [3.05, 3.63) is 53.5 Å². The molecule has 1 aliphatic rings. The molecule has 1 aliphatic heterocycles. The maximum absolute atomic E-state index is 13.1. The first kappa shape index (κ1) is 19.5. The van der Waals surface area contributed by atoms with Crippen molar-refractivity contribution in [2.75, 3.05) is 11.5 Å². The number of carbonyl (C=O) groups is 1. The highest BCUT2D eigenvalue weighted by Crippen LogP contribution is 2.24. The van der Waals surface area contributed by atoms with Gasteiger partial charge in [-0.15, -0.1) is 0 Å². The molecule has 1 aromatic heterocycles. The van der Waals surface area contributed by atoms with Crippen LogP contribution < -0.4 is 4.74 Å². The van der Waals surface area contributed by atoms with Gasteiger partial charge in [0.25, 0.3) is 5.91 Å². The van der Waals surface area contributed by atoms with Crippen LogP contribution in [0.25, 0.3) is 0 Å². The van der Waals surface area contributed by atoms with Crippen LogP contribution in [0.5, 0.6) is 5.75 Å². The second-order valence-corrected chi connectivity index (χ2v) is 9.42.